The number of nitrogens with one attached hydrogen (secondary N) is 1. The second-order valence-corrected chi connectivity index (χ2v) is 5.94. The Morgan fingerprint density at radius 1 is 1.30 bits per heavy atom. The number of nitrogens with zero attached hydrogens (tertiary/aromatic N) is 2. The molecule has 0 unspecified atom stereocenters. The maximum atomic E-state index is 5.89. The molecule has 2 rings (SSSR count). The quantitative estimate of drug-likeness (QED) is 0.832. The van der Waals surface area contributed by atoms with Gasteiger partial charge in [0.15, 0.2) is 5.82 Å². The van der Waals surface area contributed by atoms with E-state index in [1.54, 1.807) is 0 Å². The van der Waals surface area contributed by atoms with Crippen LogP contribution in [0.4, 0.5) is 0 Å². The zero-order chi connectivity index (χ0) is 14.4. The Morgan fingerprint density at radius 2 is 2.05 bits per heavy atom. The summed E-state index contributed by atoms with van der Waals surface area (Å²) in [5, 5.41) is 7.53. The Labute approximate surface area is 121 Å². The van der Waals surface area contributed by atoms with Crippen LogP contribution in [0.15, 0.2) is 4.52 Å². The molecule has 1 heterocycles. The van der Waals surface area contributed by atoms with Gasteiger partial charge < -0.3 is 14.6 Å². The lowest BCUT2D eigenvalue weighted by Crippen LogP contribution is -2.35. The van der Waals surface area contributed by atoms with Crippen molar-refractivity contribution in [3.63, 3.8) is 0 Å². The molecule has 0 aliphatic heterocycles. The lowest BCUT2D eigenvalue weighted by Gasteiger charge is -2.28. The normalized spacial score (nSPS) is 23.4. The summed E-state index contributed by atoms with van der Waals surface area (Å²) in [6.45, 7) is 7.88. The maximum Gasteiger partial charge on any atom is 0.252 e. The molecule has 0 radical (unpaired) electrons. The van der Waals surface area contributed by atoms with E-state index in [0.717, 1.165) is 25.2 Å². The largest absolute Gasteiger partial charge is 0.368 e. The number of hydrogen-bond acceptors (Lipinski definition) is 5. The SMILES string of the molecule is CCCNC1CCC(OCc2nc(C(C)C)no2)CC1. The third kappa shape index (κ3) is 4.56. The van der Waals surface area contributed by atoms with Gasteiger partial charge in [0.05, 0.1) is 6.10 Å². The maximum absolute atomic E-state index is 5.89. The standard InChI is InChI=1S/C15H27N3O2/c1-4-9-16-12-5-7-13(8-6-12)19-10-14-17-15(11(2)3)18-20-14/h11-13,16H,4-10H2,1-3H3. The van der Waals surface area contributed by atoms with Gasteiger partial charge in [0, 0.05) is 12.0 Å². The van der Waals surface area contributed by atoms with Crippen molar-refractivity contribution in [2.75, 3.05) is 6.54 Å². The molecule has 1 saturated carbocycles. The summed E-state index contributed by atoms with van der Waals surface area (Å²) in [5.74, 6) is 1.66. The smallest absolute Gasteiger partial charge is 0.252 e. The van der Waals surface area contributed by atoms with E-state index in [1.165, 1.54) is 19.3 Å². The minimum atomic E-state index is 0.299. The molecule has 1 aliphatic rings. The molecule has 5 nitrogen and oxygen atoms in total. The van der Waals surface area contributed by atoms with Gasteiger partial charge >= 0.3 is 0 Å². The van der Waals surface area contributed by atoms with Gasteiger partial charge in [0.2, 0.25) is 0 Å². The molecule has 1 fully saturated rings. The Morgan fingerprint density at radius 3 is 2.65 bits per heavy atom. The van der Waals surface area contributed by atoms with Crippen LogP contribution >= 0.6 is 0 Å². The van der Waals surface area contributed by atoms with Crippen LogP contribution in [-0.2, 0) is 11.3 Å². The van der Waals surface area contributed by atoms with Crippen LogP contribution in [0.2, 0.25) is 0 Å². The topological polar surface area (TPSA) is 60.2 Å². The third-order valence-electron chi connectivity index (χ3n) is 3.80. The monoisotopic (exact) mass is 281 g/mol. The van der Waals surface area contributed by atoms with E-state index in [4.69, 9.17) is 9.26 Å². The first-order valence-corrected chi connectivity index (χ1v) is 7.86. The third-order valence-corrected chi connectivity index (χ3v) is 3.80. The van der Waals surface area contributed by atoms with Gasteiger partial charge in [-0.2, -0.15) is 4.98 Å². The molecule has 0 spiro atoms. The molecule has 0 amide bonds. The van der Waals surface area contributed by atoms with Crippen molar-refractivity contribution in [3.8, 4) is 0 Å². The second-order valence-electron chi connectivity index (χ2n) is 5.94. The highest BCUT2D eigenvalue weighted by molar-refractivity contribution is 4.90. The van der Waals surface area contributed by atoms with E-state index < -0.39 is 0 Å². The van der Waals surface area contributed by atoms with E-state index in [-0.39, 0.29) is 0 Å². The van der Waals surface area contributed by atoms with Crippen LogP contribution in [0.3, 0.4) is 0 Å². The predicted octanol–water partition coefficient (Wildman–Crippen LogP) is 3.02. The molecule has 1 aliphatic carbocycles. The fourth-order valence-corrected chi connectivity index (χ4v) is 2.53. The van der Waals surface area contributed by atoms with Crippen molar-refractivity contribution < 1.29 is 9.26 Å². The van der Waals surface area contributed by atoms with Gasteiger partial charge in [-0.15, -0.1) is 0 Å². The summed E-state index contributed by atoms with van der Waals surface area (Å²) in [6, 6.07) is 0.672. The van der Waals surface area contributed by atoms with Crippen LogP contribution in [0.1, 0.15) is 70.5 Å². The molecule has 0 bridgehead atoms. The van der Waals surface area contributed by atoms with E-state index in [2.05, 4.69) is 36.2 Å². The lowest BCUT2D eigenvalue weighted by atomic mass is 9.93. The Balaban J connectivity index is 1.67. The van der Waals surface area contributed by atoms with Crippen molar-refractivity contribution in [3.05, 3.63) is 11.7 Å². The summed E-state index contributed by atoms with van der Waals surface area (Å²) in [4.78, 5) is 4.33. The van der Waals surface area contributed by atoms with Gasteiger partial charge in [0.25, 0.3) is 5.89 Å². The number of ether oxygens (including phenoxy) is 1. The summed E-state index contributed by atoms with van der Waals surface area (Å²) < 4.78 is 11.1. The molecule has 0 aromatic carbocycles. The molecule has 0 atom stereocenters. The number of rotatable bonds is 7. The highest BCUT2D eigenvalue weighted by atomic mass is 16.5. The Bertz CT molecular complexity index is 384. The molecular formula is C15H27N3O2. The van der Waals surface area contributed by atoms with E-state index >= 15 is 0 Å². The van der Waals surface area contributed by atoms with Gasteiger partial charge in [-0.25, -0.2) is 0 Å². The average molecular weight is 281 g/mol. The van der Waals surface area contributed by atoms with Crippen molar-refractivity contribution in [1.82, 2.24) is 15.5 Å². The minimum absolute atomic E-state index is 0.299. The van der Waals surface area contributed by atoms with Gasteiger partial charge in [0.1, 0.15) is 6.61 Å². The van der Waals surface area contributed by atoms with E-state index in [0.29, 0.717) is 30.6 Å². The summed E-state index contributed by atoms with van der Waals surface area (Å²) in [5.41, 5.74) is 0. The Hall–Kier alpha value is -0.940. The van der Waals surface area contributed by atoms with Crippen molar-refractivity contribution >= 4 is 0 Å². The summed E-state index contributed by atoms with van der Waals surface area (Å²) in [7, 11) is 0. The molecule has 5 heteroatoms. The molecular weight excluding hydrogens is 254 g/mol. The van der Waals surface area contributed by atoms with E-state index in [1.807, 2.05) is 0 Å². The summed E-state index contributed by atoms with van der Waals surface area (Å²) >= 11 is 0. The molecule has 0 saturated heterocycles. The Kier molecular flexibility index (Phi) is 5.98. The van der Waals surface area contributed by atoms with Crippen molar-refractivity contribution in [2.45, 2.75) is 77.5 Å². The van der Waals surface area contributed by atoms with Crippen LogP contribution in [-0.4, -0.2) is 28.8 Å². The molecule has 1 N–H and O–H groups in total. The van der Waals surface area contributed by atoms with E-state index in [9.17, 15) is 0 Å². The number of hydrogen-bond donors (Lipinski definition) is 1. The molecule has 1 aromatic heterocycles. The fourth-order valence-electron chi connectivity index (χ4n) is 2.53. The highest BCUT2D eigenvalue weighted by Gasteiger charge is 2.21. The van der Waals surface area contributed by atoms with Crippen molar-refractivity contribution in [2.24, 2.45) is 0 Å². The first-order valence-electron chi connectivity index (χ1n) is 7.86. The van der Waals surface area contributed by atoms with Crippen LogP contribution in [0, 0.1) is 0 Å². The first-order chi connectivity index (χ1) is 9.69. The fraction of sp³-hybridized carbons (Fsp3) is 0.867. The van der Waals surface area contributed by atoms with Crippen molar-refractivity contribution in [1.29, 1.82) is 0 Å². The average Bonchev–Trinajstić information content (AvgIpc) is 2.93. The lowest BCUT2D eigenvalue weighted by molar-refractivity contribution is -0.000209. The first kappa shape index (κ1) is 15.4. The zero-order valence-electron chi connectivity index (χ0n) is 12.9. The molecule has 114 valence electrons. The van der Waals surface area contributed by atoms with Gasteiger partial charge in [-0.1, -0.05) is 25.9 Å². The van der Waals surface area contributed by atoms with Crippen LogP contribution < -0.4 is 5.32 Å². The van der Waals surface area contributed by atoms with Crippen LogP contribution in [0.25, 0.3) is 0 Å². The zero-order valence-corrected chi connectivity index (χ0v) is 12.9. The molecule has 20 heavy (non-hydrogen) atoms. The van der Waals surface area contributed by atoms with Gasteiger partial charge in [-0.05, 0) is 38.6 Å². The highest BCUT2D eigenvalue weighted by Crippen LogP contribution is 2.22. The second kappa shape index (κ2) is 7.74. The predicted molar refractivity (Wildman–Crippen MR) is 77.5 cm³/mol. The number of aromatic nitrogens is 2. The summed E-state index contributed by atoms with van der Waals surface area (Å²) in [6.07, 6.45) is 6.17. The van der Waals surface area contributed by atoms with Crippen LogP contribution in [0.5, 0.6) is 0 Å². The molecule has 1 aromatic rings. The minimum Gasteiger partial charge on any atom is -0.368 e. The van der Waals surface area contributed by atoms with Gasteiger partial charge in [-0.3, -0.25) is 0 Å².